The normalized spacial score (nSPS) is 11.1. The highest BCUT2D eigenvalue weighted by molar-refractivity contribution is 5.28. The minimum Gasteiger partial charge on any atom is -0.497 e. The number of rotatable bonds is 3. The van der Waals surface area contributed by atoms with Gasteiger partial charge in [-0.2, -0.15) is 13.2 Å². The predicted octanol–water partition coefficient (Wildman–Crippen LogP) is 3.37. The molecule has 1 aromatic carbocycles. The lowest BCUT2D eigenvalue weighted by molar-refractivity contribution is -0.138. The van der Waals surface area contributed by atoms with Gasteiger partial charge in [-0.1, -0.05) is 24.8 Å². The third-order valence-electron chi connectivity index (χ3n) is 1.68. The van der Waals surface area contributed by atoms with Crippen LogP contribution in [0.5, 0.6) is 0 Å². The molecule has 0 aliphatic carbocycles. The lowest BCUT2D eigenvalue weighted by Crippen LogP contribution is -2.09. The van der Waals surface area contributed by atoms with Crippen LogP contribution in [0.3, 0.4) is 0 Å². The van der Waals surface area contributed by atoms with E-state index in [1.165, 1.54) is 18.2 Å². The summed E-state index contributed by atoms with van der Waals surface area (Å²) in [6, 6.07) is 5.30. The van der Waals surface area contributed by atoms with E-state index in [1.54, 1.807) is 0 Å². The van der Waals surface area contributed by atoms with Crippen LogP contribution in [-0.2, 0) is 17.5 Å². The number of hydrogen-bond acceptors (Lipinski definition) is 1. The van der Waals surface area contributed by atoms with Crippen LogP contribution in [-0.4, -0.2) is 0 Å². The smallest absolute Gasteiger partial charge is 0.416 e. The fourth-order valence-electron chi connectivity index (χ4n) is 1.07. The van der Waals surface area contributed by atoms with Crippen LogP contribution in [0.15, 0.2) is 37.1 Å². The topological polar surface area (TPSA) is 9.23 Å². The highest BCUT2D eigenvalue weighted by Crippen LogP contribution is 2.31. The van der Waals surface area contributed by atoms with Gasteiger partial charge in [0.1, 0.15) is 6.61 Å². The zero-order chi connectivity index (χ0) is 10.6. The molecule has 0 heterocycles. The molecule has 1 aromatic rings. The Bertz CT molecular complexity index is 317. The lowest BCUT2D eigenvalue weighted by atomic mass is 10.1. The molecule has 0 spiro atoms. The molecule has 0 radical (unpaired) electrons. The Morgan fingerprint density at radius 3 is 2.50 bits per heavy atom. The first-order valence-electron chi connectivity index (χ1n) is 3.93. The van der Waals surface area contributed by atoms with Crippen LogP contribution >= 0.6 is 0 Å². The molecule has 0 unspecified atom stereocenters. The summed E-state index contributed by atoms with van der Waals surface area (Å²) in [5.41, 5.74) is -0.554. The highest BCUT2D eigenvalue weighted by atomic mass is 19.4. The van der Waals surface area contributed by atoms with Gasteiger partial charge in [0.25, 0.3) is 0 Å². The predicted molar refractivity (Wildman–Crippen MR) is 46.4 cm³/mol. The molecule has 0 atom stereocenters. The summed E-state index contributed by atoms with van der Waals surface area (Å²) in [7, 11) is 0. The van der Waals surface area contributed by atoms with Gasteiger partial charge in [-0.25, -0.2) is 0 Å². The van der Waals surface area contributed by atoms with Crippen molar-refractivity contribution < 1.29 is 17.9 Å². The molecular formula is C10H9F3O. The maximum absolute atomic E-state index is 12.4. The maximum atomic E-state index is 12.4. The maximum Gasteiger partial charge on any atom is 0.416 e. The van der Waals surface area contributed by atoms with Crippen molar-refractivity contribution in [1.29, 1.82) is 0 Å². The molecule has 0 aliphatic rings. The first kappa shape index (κ1) is 10.6. The minimum absolute atomic E-state index is 0.111. The first-order valence-corrected chi connectivity index (χ1v) is 3.93. The third kappa shape index (κ3) is 2.52. The number of halogens is 3. The van der Waals surface area contributed by atoms with Crippen molar-refractivity contribution >= 4 is 0 Å². The van der Waals surface area contributed by atoms with E-state index in [4.69, 9.17) is 4.74 Å². The summed E-state index contributed by atoms with van der Waals surface area (Å²) >= 11 is 0. The summed E-state index contributed by atoms with van der Waals surface area (Å²) in [6.45, 7) is 3.15. The van der Waals surface area contributed by atoms with Gasteiger partial charge in [-0.05, 0) is 6.07 Å². The minimum atomic E-state index is -4.33. The van der Waals surface area contributed by atoms with Crippen LogP contribution in [0, 0.1) is 0 Å². The van der Waals surface area contributed by atoms with Crippen LogP contribution in [0.4, 0.5) is 13.2 Å². The van der Waals surface area contributed by atoms with Crippen molar-refractivity contribution in [2.24, 2.45) is 0 Å². The summed E-state index contributed by atoms with van der Waals surface area (Å²) in [6.07, 6.45) is -3.21. The fraction of sp³-hybridized carbons (Fsp3) is 0.200. The SMILES string of the molecule is C=COCc1ccccc1C(F)(F)F. The van der Waals surface area contributed by atoms with Crippen molar-refractivity contribution in [2.75, 3.05) is 0 Å². The average Bonchev–Trinajstić information content (AvgIpc) is 2.14. The molecule has 0 bridgehead atoms. The molecule has 0 amide bonds. The van der Waals surface area contributed by atoms with Crippen molar-refractivity contribution in [3.63, 3.8) is 0 Å². The molecule has 4 heteroatoms. The van der Waals surface area contributed by atoms with Gasteiger partial charge in [-0.3, -0.25) is 0 Å². The third-order valence-corrected chi connectivity index (χ3v) is 1.68. The zero-order valence-corrected chi connectivity index (χ0v) is 7.34. The summed E-state index contributed by atoms with van der Waals surface area (Å²) in [5, 5.41) is 0. The van der Waals surface area contributed by atoms with Crippen molar-refractivity contribution in [2.45, 2.75) is 12.8 Å². The Morgan fingerprint density at radius 1 is 1.29 bits per heavy atom. The van der Waals surface area contributed by atoms with E-state index in [0.717, 1.165) is 12.3 Å². The second-order valence-electron chi connectivity index (χ2n) is 2.63. The fourth-order valence-corrected chi connectivity index (χ4v) is 1.07. The monoisotopic (exact) mass is 202 g/mol. The van der Waals surface area contributed by atoms with Gasteiger partial charge in [0.05, 0.1) is 11.8 Å². The van der Waals surface area contributed by atoms with Gasteiger partial charge < -0.3 is 4.74 Å². The van der Waals surface area contributed by atoms with E-state index in [0.29, 0.717) is 0 Å². The molecule has 1 nitrogen and oxygen atoms in total. The first-order chi connectivity index (χ1) is 6.55. The summed E-state index contributed by atoms with van der Waals surface area (Å²) < 4.78 is 41.9. The van der Waals surface area contributed by atoms with Gasteiger partial charge in [0, 0.05) is 5.56 Å². The second kappa shape index (κ2) is 4.17. The Balaban J connectivity index is 2.97. The Kier molecular flexibility index (Phi) is 3.17. The Morgan fingerprint density at radius 2 is 1.93 bits per heavy atom. The average molecular weight is 202 g/mol. The van der Waals surface area contributed by atoms with Crippen LogP contribution in [0.25, 0.3) is 0 Å². The van der Waals surface area contributed by atoms with E-state index in [-0.39, 0.29) is 12.2 Å². The Labute approximate surface area is 79.8 Å². The molecule has 76 valence electrons. The molecule has 0 saturated carbocycles. The van der Waals surface area contributed by atoms with Crippen LogP contribution < -0.4 is 0 Å². The van der Waals surface area contributed by atoms with Crippen LogP contribution in [0.2, 0.25) is 0 Å². The van der Waals surface area contributed by atoms with E-state index in [1.807, 2.05) is 0 Å². The second-order valence-corrected chi connectivity index (χ2v) is 2.63. The molecule has 0 aliphatic heterocycles. The summed E-state index contributed by atoms with van der Waals surface area (Å²) in [4.78, 5) is 0. The molecule has 1 rings (SSSR count). The van der Waals surface area contributed by atoms with Gasteiger partial charge >= 0.3 is 6.18 Å². The summed E-state index contributed by atoms with van der Waals surface area (Å²) in [5.74, 6) is 0. The molecule has 0 aromatic heterocycles. The molecule has 14 heavy (non-hydrogen) atoms. The van der Waals surface area contributed by atoms with E-state index in [9.17, 15) is 13.2 Å². The van der Waals surface area contributed by atoms with Crippen molar-refractivity contribution in [3.05, 3.63) is 48.2 Å². The Hall–Kier alpha value is -1.45. The molecular weight excluding hydrogens is 193 g/mol. The quantitative estimate of drug-likeness (QED) is 0.683. The van der Waals surface area contributed by atoms with Gasteiger partial charge in [0.2, 0.25) is 0 Å². The number of ether oxygens (including phenoxy) is 1. The molecule has 0 fully saturated rings. The number of alkyl halides is 3. The number of hydrogen-bond donors (Lipinski definition) is 0. The van der Waals surface area contributed by atoms with Crippen LogP contribution in [0.1, 0.15) is 11.1 Å². The van der Waals surface area contributed by atoms with Gasteiger partial charge in [-0.15, -0.1) is 0 Å². The molecule has 0 saturated heterocycles. The zero-order valence-electron chi connectivity index (χ0n) is 7.34. The lowest BCUT2D eigenvalue weighted by Gasteiger charge is -2.11. The van der Waals surface area contributed by atoms with Gasteiger partial charge in [0.15, 0.2) is 0 Å². The highest BCUT2D eigenvalue weighted by Gasteiger charge is 2.32. The van der Waals surface area contributed by atoms with E-state index in [2.05, 4.69) is 6.58 Å². The standard InChI is InChI=1S/C10H9F3O/c1-2-14-7-8-5-3-4-6-9(8)10(11,12)13/h2-6H,1,7H2. The van der Waals surface area contributed by atoms with Crippen molar-refractivity contribution in [1.82, 2.24) is 0 Å². The molecule has 0 N–H and O–H groups in total. The number of benzene rings is 1. The largest absolute Gasteiger partial charge is 0.497 e. The van der Waals surface area contributed by atoms with Crippen molar-refractivity contribution in [3.8, 4) is 0 Å². The van der Waals surface area contributed by atoms with E-state index >= 15 is 0 Å². The van der Waals surface area contributed by atoms with E-state index < -0.39 is 11.7 Å².